The lowest BCUT2D eigenvalue weighted by molar-refractivity contribution is 0.0694. The minimum absolute atomic E-state index is 0. The van der Waals surface area contributed by atoms with E-state index in [1.54, 1.807) is 0 Å². The van der Waals surface area contributed by atoms with Gasteiger partial charge in [-0.25, -0.2) is 0 Å². The SMILES string of the molecule is CN=C(NCCN(C)C1CC1)NC1CC(C)(C)Oc2ccccc21.I. The van der Waals surface area contributed by atoms with Crippen LogP contribution in [0.15, 0.2) is 29.3 Å². The van der Waals surface area contributed by atoms with E-state index >= 15 is 0 Å². The molecule has 1 aliphatic heterocycles. The van der Waals surface area contributed by atoms with Gasteiger partial charge in [0.15, 0.2) is 5.96 Å². The highest BCUT2D eigenvalue weighted by atomic mass is 127. The molecule has 1 aliphatic carbocycles. The molecule has 0 amide bonds. The molecule has 0 spiro atoms. The second kappa shape index (κ2) is 8.58. The first kappa shape index (κ1) is 20.3. The number of hydrogen-bond acceptors (Lipinski definition) is 3. The summed E-state index contributed by atoms with van der Waals surface area (Å²) in [7, 11) is 4.03. The number of halogens is 1. The molecule has 0 radical (unpaired) electrons. The Morgan fingerprint density at radius 3 is 2.72 bits per heavy atom. The van der Waals surface area contributed by atoms with Gasteiger partial charge >= 0.3 is 0 Å². The summed E-state index contributed by atoms with van der Waals surface area (Å²) in [6.07, 6.45) is 3.60. The number of fused-ring (bicyclic) bond motifs is 1. The Balaban J connectivity index is 0.00000225. The average molecular weight is 458 g/mol. The summed E-state index contributed by atoms with van der Waals surface area (Å²) in [6.45, 7) is 6.22. The van der Waals surface area contributed by atoms with Gasteiger partial charge in [-0.3, -0.25) is 4.99 Å². The fourth-order valence-electron chi connectivity index (χ4n) is 3.34. The zero-order chi connectivity index (χ0) is 17.2. The maximum Gasteiger partial charge on any atom is 0.191 e. The maximum atomic E-state index is 6.10. The zero-order valence-corrected chi connectivity index (χ0v) is 18.0. The second-order valence-corrected chi connectivity index (χ2v) is 7.51. The minimum atomic E-state index is -0.183. The molecule has 1 saturated carbocycles. The third kappa shape index (κ3) is 5.48. The summed E-state index contributed by atoms with van der Waals surface area (Å²) in [4.78, 5) is 6.82. The Kier molecular flexibility index (Phi) is 6.96. The van der Waals surface area contributed by atoms with Gasteiger partial charge in [-0.15, -0.1) is 24.0 Å². The van der Waals surface area contributed by atoms with E-state index in [2.05, 4.69) is 53.6 Å². The van der Waals surface area contributed by atoms with Crippen molar-refractivity contribution in [2.24, 2.45) is 4.99 Å². The number of rotatable bonds is 5. The summed E-state index contributed by atoms with van der Waals surface area (Å²) in [5, 5.41) is 7.02. The van der Waals surface area contributed by atoms with Crippen molar-refractivity contribution in [3.63, 3.8) is 0 Å². The van der Waals surface area contributed by atoms with Crippen molar-refractivity contribution in [3.8, 4) is 5.75 Å². The first-order valence-electron chi connectivity index (χ1n) is 8.94. The fourth-order valence-corrected chi connectivity index (χ4v) is 3.34. The first-order valence-corrected chi connectivity index (χ1v) is 8.94. The number of nitrogens with one attached hydrogen (secondary N) is 2. The molecule has 1 unspecified atom stereocenters. The molecule has 0 bridgehead atoms. The Labute approximate surface area is 168 Å². The van der Waals surface area contributed by atoms with Crippen molar-refractivity contribution in [1.29, 1.82) is 0 Å². The molecule has 1 atom stereocenters. The predicted molar refractivity (Wildman–Crippen MR) is 114 cm³/mol. The van der Waals surface area contributed by atoms with Gasteiger partial charge in [0.05, 0.1) is 6.04 Å². The quantitative estimate of drug-likeness (QED) is 0.405. The summed E-state index contributed by atoms with van der Waals surface area (Å²) < 4.78 is 6.10. The molecule has 25 heavy (non-hydrogen) atoms. The number of aliphatic imine (C=N–C) groups is 1. The molecule has 140 valence electrons. The normalized spacial score (nSPS) is 21.8. The number of likely N-dealkylation sites (N-methyl/N-ethyl adjacent to an activating group) is 1. The number of ether oxygens (including phenoxy) is 1. The summed E-state index contributed by atoms with van der Waals surface area (Å²) in [5.74, 6) is 1.83. The van der Waals surface area contributed by atoms with E-state index in [1.807, 2.05) is 19.2 Å². The van der Waals surface area contributed by atoms with E-state index < -0.39 is 0 Å². The average Bonchev–Trinajstić information content (AvgIpc) is 3.37. The molecule has 0 saturated heterocycles. The van der Waals surface area contributed by atoms with E-state index in [4.69, 9.17) is 4.74 Å². The Bertz CT molecular complexity index is 601. The summed E-state index contributed by atoms with van der Waals surface area (Å²) in [6, 6.07) is 9.28. The van der Waals surface area contributed by atoms with Crippen molar-refractivity contribution >= 4 is 29.9 Å². The zero-order valence-electron chi connectivity index (χ0n) is 15.7. The Hall–Kier alpha value is -1.02. The molecule has 2 aliphatic rings. The first-order chi connectivity index (χ1) is 11.5. The van der Waals surface area contributed by atoms with Crippen LogP contribution >= 0.6 is 24.0 Å². The smallest absolute Gasteiger partial charge is 0.191 e. The Morgan fingerprint density at radius 2 is 2.04 bits per heavy atom. The number of para-hydroxylation sites is 1. The predicted octanol–water partition coefficient (Wildman–Crippen LogP) is 3.17. The molecular weight excluding hydrogens is 427 g/mol. The second-order valence-electron chi connectivity index (χ2n) is 7.51. The van der Waals surface area contributed by atoms with Gasteiger partial charge in [0.1, 0.15) is 11.4 Å². The third-order valence-electron chi connectivity index (χ3n) is 4.84. The van der Waals surface area contributed by atoms with Crippen LogP contribution in [0.4, 0.5) is 0 Å². The molecule has 3 rings (SSSR count). The van der Waals surface area contributed by atoms with Gasteiger partial charge in [0.25, 0.3) is 0 Å². The molecule has 2 N–H and O–H groups in total. The van der Waals surface area contributed by atoms with Crippen LogP contribution in [0.25, 0.3) is 0 Å². The van der Waals surface area contributed by atoms with E-state index in [-0.39, 0.29) is 35.6 Å². The standard InChI is InChI=1S/C19H30N4O.HI/c1-19(2)13-16(15-7-5-6-8-17(15)24-19)22-18(20-3)21-11-12-23(4)14-9-10-14;/h5-8,14,16H,9-13H2,1-4H3,(H2,20,21,22);1H. The Morgan fingerprint density at radius 1 is 1.32 bits per heavy atom. The lowest BCUT2D eigenvalue weighted by Crippen LogP contribution is -2.46. The highest BCUT2D eigenvalue weighted by Crippen LogP contribution is 2.39. The highest BCUT2D eigenvalue weighted by Gasteiger charge is 2.34. The van der Waals surface area contributed by atoms with Gasteiger partial charge in [0.2, 0.25) is 0 Å². The van der Waals surface area contributed by atoms with Gasteiger partial charge in [-0.2, -0.15) is 0 Å². The van der Waals surface area contributed by atoms with Crippen molar-refractivity contribution in [2.75, 3.05) is 27.2 Å². The van der Waals surface area contributed by atoms with Crippen LogP contribution in [0.3, 0.4) is 0 Å². The topological polar surface area (TPSA) is 48.9 Å². The van der Waals surface area contributed by atoms with E-state index in [0.29, 0.717) is 0 Å². The molecular formula is C19H31IN4O. The van der Waals surface area contributed by atoms with Crippen LogP contribution in [0, 0.1) is 0 Å². The van der Waals surface area contributed by atoms with Crippen molar-refractivity contribution in [2.45, 2.75) is 50.8 Å². The largest absolute Gasteiger partial charge is 0.487 e. The number of nitrogens with zero attached hydrogens (tertiary/aromatic N) is 2. The fraction of sp³-hybridized carbons (Fsp3) is 0.632. The molecule has 1 aromatic carbocycles. The molecule has 1 aromatic rings. The van der Waals surface area contributed by atoms with Gasteiger partial charge in [-0.1, -0.05) is 18.2 Å². The number of hydrogen-bond donors (Lipinski definition) is 2. The van der Waals surface area contributed by atoms with Gasteiger partial charge < -0.3 is 20.3 Å². The van der Waals surface area contributed by atoms with Crippen LogP contribution in [0.2, 0.25) is 0 Å². The molecule has 6 heteroatoms. The van der Waals surface area contributed by atoms with E-state index in [0.717, 1.165) is 37.3 Å². The lowest BCUT2D eigenvalue weighted by atomic mass is 9.90. The van der Waals surface area contributed by atoms with Crippen molar-refractivity contribution in [3.05, 3.63) is 29.8 Å². The monoisotopic (exact) mass is 458 g/mol. The number of guanidine groups is 1. The van der Waals surface area contributed by atoms with Crippen molar-refractivity contribution in [1.82, 2.24) is 15.5 Å². The molecule has 5 nitrogen and oxygen atoms in total. The van der Waals surface area contributed by atoms with Gasteiger partial charge in [0, 0.05) is 38.2 Å². The molecule has 0 aromatic heterocycles. The van der Waals surface area contributed by atoms with Crippen LogP contribution in [0.5, 0.6) is 5.75 Å². The summed E-state index contributed by atoms with van der Waals surface area (Å²) in [5.41, 5.74) is 1.02. The summed E-state index contributed by atoms with van der Waals surface area (Å²) >= 11 is 0. The maximum absolute atomic E-state index is 6.10. The molecule has 1 fully saturated rings. The number of benzene rings is 1. The van der Waals surface area contributed by atoms with Gasteiger partial charge in [-0.05, 0) is 39.8 Å². The van der Waals surface area contributed by atoms with E-state index in [9.17, 15) is 0 Å². The van der Waals surface area contributed by atoms with Crippen LogP contribution in [0.1, 0.15) is 44.7 Å². The lowest BCUT2D eigenvalue weighted by Gasteiger charge is -2.38. The molecule has 1 heterocycles. The van der Waals surface area contributed by atoms with Crippen LogP contribution in [-0.2, 0) is 0 Å². The van der Waals surface area contributed by atoms with E-state index in [1.165, 1.54) is 18.4 Å². The van der Waals surface area contributed by atoms with Crippen molar-refractivity contribution < 1.29 is 4.74 Å². The highest BCUT2D eigenvalue weighted by molar-refractivity contribution is 14.0. The van der Waals surface area contributed by atoms with Crippen LogP contribution in [-0.4, -0.2) is 49.7 Å². The minimum Gasteiger partial charge on any atom is -0.487 e. The van der Waals surface area contributed by atoms with Crippen LogP contribution < -0.4 is 15.4 Å². The third-order valence-corrected chi connectivity index (χ3v) is 4.84.